The zero-order chi connectivity index (χ0) is 37.6. The van der Waals surface area contributed by atoms with Crippen molar-refractivity contribution in [2.45, 2.75) is 40.0 Å². The third-order valence-electron chi connectivity index (χ3n) is 5.66. The monoisotopic (exact) mass is 693 g/mol. The molecule has 50 heavy (non-hydrogen) atoms. The van der Waals surface area contributed by atoms with Crippen LogP contribution in [0.5, 0.6) is 5.75 Å². The Kier molecular flexibility index (Phi) is 25.0. The quantitative estimate of drug-likeness (QED) is 0.0329. The molecular formula is C38H47NO11. The lowest BCUT2D eigenvalue weighted by atomic mass is 10.2. The highest BCUT2D eigenvalue weighted by Crippen LogP contribution is 2.17. The molecule has 0 radical (unpaired) electrons. The summed E-state index contributed by atoms with van der Waals surface area (Å²) in [5, 5.41) is 2.54. The maximum atomic E-state index is 12.6. The summed E-state index contributed by atoms with van der Waals surface area (Å²) in [5.41, 5.74) is 0.568. The average Bonchev–Trinajstić information content (AvgIpc) is 3.38. The van der Waals surface area contributed by atoms with Gasteiger partial charge in [-0.2, -0.15) is 0 Å². The number of allylic oxidation sites excluding steroid dienone is 8. The highest BCUT2D eigenvalue weighted by atomic mass is 16.6. The Morgan fingerprint density at radius 2 is 1.54 bits per heavy atom. The molecule has 1 N–H and O–H groups in total. The van der Waals surface area contributed by atoms with Crippen LogP contribution in [0.15, 0.2) is 122 Å². The van der Waals surface area contributed by atoms with Gasteiger partial charge in [0.25, 0.3) is 0 Å². The molecule has 0 fully saturated rings. The van der Waals surface area contributed by atoms with E-state index in [1.165, 1.54) is 43.6 Å². The first-order valence-electron chi connectivity index (χ1n) is 15.7. The van der Waals surface area contributed by atoms with E-state index >= 15 is 0 Å². The van der Waals surface area contributed by atoms with E-state index < -0.39 is 24.0 Å². The lowest BCUT2D eigenvalue weighted by Crippen LogP contribution is -2.27. The first kappa shape index (κ1) is 44.2. The molecule has 1 amide bonds. The number of ether oxygens (including phenoxy) is 6. The lowest BCUT2D eigenvalue weighted by molar-refractivity contribution is -0.138. The minimum absolute atomic E-state index is 0.145. The molecule has 270 valence electrons. The second-order valence-corrected chi connectivity index (χ2v) is 9.30. The van der Waals surface area contributed by atoms with Gasteiger partial charge in [0, 0.05) is 19.7 Å². The molecular weight excluding hydrogens is 646 g/mol. The van der Waals surface area contributed by atoms with Crippen LogP contribution < -0.4 is 10.1 Å². The summed E-state index contributed by atoms with van der Waals surface area (Å²) in [6.07, 6.45) is 14.5. The fraction of sp³-hybridized carbons (Fsp3) is 0.289. The van der Waals surface area contributed by atoms with Gasteiger partial charge >= 0.3 is 24.0 Å². The van der Waals surface area contributed by atoms with Crippen molar-refractivity contribution < 1.29 is 52.4 Å². The zero-order valence-corrected chi connectivity index (χ0v) is 29.1. The summed E-state index contributed by atoms with van der Waals surface area (Å²) in [7, 11) is 1.52. The summed E-state index contributed by atoms with van der Waals surface area (Å²) in [6.45, 7) is 17.0. The average molecular weight is 694 g/mol. The number of methoxy groups -OCH3 is 1. The van der Waals surface area contributed by atoms with Crippen LogP contribution in [-0.4, -0.2) is 63.8 Å². The summed E-state index contributed by atoms with van der Waals surface area (Å²) in [6, 6.07) is 6.43. The van der Waals surface area contributed by atoms with E-state index in [1.807, 2.05) is 13.8 Å². The fourth-order valence-electron chi connectivity index (χ4n) is 3.30. The molecule has 0 saturated carbocycles. The molecule has 0 unspecified atom stereocenters. The maximum Gasteiger partial charge on any atom is 0.412 e. The molecule has 1 aliphatic carbocycles. The normalized spacial score (nSPS) is 11.9. The van der Waals surface area contributed by atoms with Gasteiger partial charge in [0.05, 0.1) is 31.0 Å². The molecule has 1 aromatic carbocycles. The predicted octanol–water partition coefficient (Wildman–Crippen LogP) is 6.79. The van der Waals surface area contributed by atoms with Crippen molar-refractivity contribution >= 4 is 30.3 Å². The van der Waals surface area contributed by atoms with Gasteiger partial charge in [-0.25, -0.2) is 19.2 Å². The smallest absolute Gasteiger partial charge is 0.412 e. The van der Waals surface area contributed by atoms with E-state index in [0.29, 0.717) is 56.6 Å². The van der Waals surface area contributed by atoms with E-state index in [4.69, 9.17) is 33.2 Å². The van der Waals surface area contributed by atoms with Crippen molar-refractivity contribution in [2.75, 3.05) is 33.5 Å². The van der Waals surface area contributed by atoms with Gasteiger partial charge in [-0.3, -0.25) is 4.79 Å². The van der Waals surface area contributed by atoms with Crippen molar-refractivity contribution in [3.05, 3.63) is 127 Å². The molecule has 0 aromatic heterocycles. The molecule has 12 nitrogen and oxygen atoms in total. The Balaban J connectivity index is 0.00000372. The first-order chi connectivity index (χ1) is 24.2. The molecule has 0 heterocycles. The second kappa shape index (κ2) is 28.3. The minimum atomic E-state index is -0.631. The second-order valence-electron chi connectivity index (χ2n) is 9.30. The van der Waals surface area contributed by atoms with Crippen LogP contribution in [0, 0.1) is 0 Å². The number of rotatable bonds is 18. The van der Waals surface area contributed by atoms with Crippen molar-refractivity contribution in [2.24, 2.45) is 0 Å². The molecule has 0 atom stereocenters. The Morgan fingerprint density at radius 3 is 2.16 bits per heavy atom. The molecule has 0 spiro atoms. The Labute approximate surface area is 294 Å². The van der Waals surface area contributed by atoms with E-state index in [2.05, 4.69) is 25.1 Å². The van der Waals surface area contributed by atoms with Crippen molar-refractivity contribution in [3.8, 4) is 5.75 Å². The number of amides is 1. The summed E-state index contributed by atoms with van der Waals surface area (Å²) in [5.74, 6) is -0.432. The van der Waals surface area contributed by atoms with Crippen molar-refractivity contribution in [1.29, 1.82) is 0 Å². The number of alkyl carbamates (subject to hydrolysis) is 1. The van der Waals surface area contributed by atoms with E-state index in [-0.39, 0.29) is 29.5 Å². The number of nitrogens with one attached hydrogen (secondary N) is 1. The van der Waals surface area contributed by atoms with Crippen LogP contribution in [0.2, 0.25) is 0 Å². The number of carbonyl (C=O) groups is 5. The van der Waals surface area contributed by atoms with Gasteiger partial charge in [0.1, 0.15) is 29.3 Å². The van der Waals surface area contributed by atoms with Crippen molar-refractivity contribution in [1.82, 2.24) is 5.32 Å². The number of hydrogen-bond donors (Lipinski definition) is 1. The highest BCUT2D eigenvalue weighted by molar-refractivity contribution is 5.92. The zero-order valence-electron chi connectivity index (χ0n) is 29.1. The molecule has 1 aromatic rings. The third kappa shape index (κ3) is 20.5. The SMILES string of the molecule is C=CC(=O)OCCCCOc1ccc(C(=O)O/C(C=C)=C/C=C(\C)OC(=O)C2=CCC=C(OC(=O)NCCOC)C=C2)cc1.C=CC=O.CC. The number of benzene rings is 1. The van der Waals surface area contributed by atoms with Crippen LogP contribution >= 0.6 is 0 Å². The molecule has 0 bridgehead atoms. The fourth-order valence-corrected chi connectivity index (χ4v) is 3.30. The molecule has 2 rings (SSSR count). The molecule has 0 saturated heterocycles. The van der Waals surface area contributed by atoms with Crippen molar-refractivity contribution in [3.63, 3.8) is 0 Å². The first-order valence-corrected chi connectivity index (χ1v) is 15.7. The van der Waals surface area contributed by atoms with E-state index in [0.717, 1.165) is 6.08 Å². The van der Waals surface area contributed by atoms with Gasteiger partial charge in [-0.15, -0.1) is 0 Å². The van der Waals surface area contributed by atoms with Crippen LogP contribution in [0.1, 0.15) is 50.4 Å². The van der Waals surface area contributed by atoms with Gasteiger partial charge < -0.3 is 33.7 Å². The summed E-state index contributed by atoms with van der Waals surface area (Å²) in [4.78, 5) is 57.1. The predicted molar refractivity (Wildman–Crippen MR) is 190 cm³/mol. The number of hydrogen-bond acceptors (Lipinski definition) is 11. The van der Waals surface area contributed by atoms with Gasteiger partial charge in [-0.1, -0.05) is 39.7 Å². The van der Waals surface area contributed by atoms with Crippen LogP contribution in [-0.2, 0) is 38.1 Å². The number of esters is 3. The Bertz CT molecular complexity index is 1420. The van der Waals surface area contributed by atoms with Gasteiger partial charge in [-0.05, 0) is 93.0 Å². The molecule has 1 aliphatic rings. The Hall–Kier alpha value is -5.75. The highest BCUT2D eigenvalue weighted by Gasteiger charge is 2.13. The molecule has 0 aliphatic heterocycles. The minimum Gasteiger partial charge on any atom is -0.494 e. The van der Waals surface area contributed by atoms with Crippen LogP contribution in [0.25, 0.3) is 0 Å². The number of unbranched alkanes of at least 4 members (excludes halogenated alkanes) is 1. The lowest BCUT2D eigenvalue weighted by Gasteiger charge is -2.08. The third-order valence-corrected chi connectivity index (χ3v) is 5.66. The van der Waals surface area contributed by atoms with E-state index in [1.54, 1.807) is 43.3 Å². The van der Waals surface area contributed by atoms with Crippen LogP contribution in [0.3, 0.4) is 0 Å². The standard InChI is InChI=1S/C33H37NO10.C3H4O.C2H6/c1-5-27(43-32(37)26-13-17-28(18-14-26)40-21-7-8-22-41-30(35)6-2)16-12-24(3)42-31(36)25-10-9-11-29(19-15-25)44-33(38)34-20-23-39-4;1-2-3-4;1-2/h5-6,10-19H,1-2,7-9,20-23H2,3-4H3,(H,34,38);2-3H,1H2;1-2H3/b24-12+,27-16+;;. The summed E-state index contributed by atoms with van der Waals surface area (Å²) < 4.78 is 31.4. The largest absolute Gasteiger partial charge is 0.494 e. The van der Waals surface area contributed by atoms with Gasteiger partial charge in [0.15, 0.2) is 0 Å². The van der Waals surface area contributed by atoms with Gasteiger partial charge in [0.2, 0.25) is 0 Å². The van der Waals surface area contributed by atoms with E-state index in [9.17, 15) is 19.2 Å². The number of aldehydes is 1. The number of carbonyl (C=O) groups excluding carboxylic acids is 5. The molecule has 12 heteroatoms. The Morgan fingerprint density at radius 1 is 0.860 bits per heavy atom. The summed E-state index contributed by atoms with van der Waals surface area (Å²) >= 11 is 0. The topological polar surface area (TPSA) is 153 Å². The van der Waals surface area contributed by atoms with Crippen LogP contribution in [0.4, 0.5) is 4.79 Å². The maximum absolute atomic E-state index is 12.6.